The van der Waals surface area contributed by atoms with Crippen LogP contribution in [-0.2, 0) is 11.3 Å². The number of aromatic nitrogens is 1. The molecule has 2 aromatic rings. The Hall–Kier alpha value is -2.69. The van der Waals surface area contributed by atoms with E-state index < -0.39 is 0 Å². The Balaban J connectivity index is 1.60. The number of pyridine rings is 1. The fourth-order valence-corrected chi connectivity index (χ4v) is 3.53. The third-order valence-electron chi connectivity index (χ3n) is 5.14. The molecular weight excluding hydrogens is 338 g/mol. The molecule has 0 unspecified atom stereocenters. The summed E-state index contributed by atoms with van der Waals surface area (Å²) < 4.78 is 0. The summed E-state index contributed by atoms with van der Waals surface area (Å²) >= 11 is 0. The number of carbonyl (C=O) groups is 2. The zero-order chi connectivity index (χ0) is 19.2. The smallest absolute Gasteiger partial charge is 0.255 e. The zero-order valence-corrected chi connectivity index (χ0v) is 16.0. The summed E-state index contributed by atoms with van der Waals surface area (Å²) in [7, 11) is 0. The maximum atomic E-state index is 13.1. The lowest BCUT2D eigenvalue weighted by atomic mass is 9.94. The van der Waals surface area contributed by atoms with Gasteiger partial charge in [-0.05, 0) is 44.4 Å². The summed E-state index contributed by atoms with van der Waals surface area (Å²) in [6.07, 6.45) is 4.68. The molecule has 5 nitrogen and oxygen atoms in total. The van der Waals surface area contributed by atoms with Gasteiger partial charge in [0, 0.05) is 44.0 Å². The summed E-state index contributed by atoms with van der Waals surface area (Å²) in [5.41, 5.74) is 1.75. The number of nitrogens with zero attached hydrogens (tertiary/aromatic N) is 3. The van der Waals surface area contributed by atoms with E-state index in [1.807, 2.05) is 28.0 Å². The Kier molecular flexibility index (Phi) is 6.22. The molecule has 0 bridgehead atoms. The normalized spacial score (nSPS) is 15.0. The van der Waals surface area contributed by atoms with Crippen LogP contribution >= 0.6 is 0 Å². The topological polar surface area (TPSA) is 53.5 Å². The van der Waals surface area contributed by atoms with E-state index in [4.69, 9.17) is 0 Å². The first-order valence-corrected chi connectivity index (χ1v) is 9.60. The van der Waals surface area contributed by atoms with Crippen molar-refractivity contribution in [2.75, 3.05) is 13.1 Å². The standard InChI is InChI=1S/C22H27N3O2/c1-17(2)25(16-18-7-4-3-5-8-18)22(27)19-10-13-24(14-11-19)21(26)20-9-6-12-23-15-20/h3-9,12,15,17,19H,10-11,13-14,16H2,1-2H3. The van der Waals surface area contributed by atoms with E-state index in [0.29, 0.717) is 38.0 Å². The van der Waals surface area contributed by atoms with Crippen LogP contribution in [0.25, 0.3) is 0 Å². The molecule has 27 heavy (non-hydrogen) atoms. The second-order valence-corrected chi connectivity index (χ2v) is 7.35. The minimum atomic E-state index is -0.0194. The van der Waals surface area contributed by atoms with Crippen LogP contribution in [0, 0.1) is 5.92 Å². The van der Waals surface area contributed by atoms with Crippen LogP contribution < -0.4 is 0 Å². The van der Waals surface area contributed by atoms with Gasteiger partial charge in [0.25, 0.3) is 5.91 Å². The van der Waals surface area contributed by atoms with Crippen LogP contribution in [0.1, 0.15) is 42.6 Å². The van der Waals surface area contributed by atoms with Crippen LogP contribution in [0.15, 0.2) is 54.9 Å². The van der Waals surface area contributed by atoms with Gasteiger partial charge in [-0.3, -0.25) is 14.6 Å². The average molecular weight is 365 g/mol. The molecule has 0 saturated carbocycles. The van der Waals surface area contributed by atoms with Crippen molar-refractivity contribution in [3.05, 3.63) is 66.0 Å². The molecule has 1 aliphatic rings. The van der Waals surface area contributed by atoms with Crippen LogP contribution in [-0.4, -0.2) is 45.7 Å². The van der Waals surface area contributed by atoms with Crippen molar-refractivity contribution >= 4 is 11.8 Å². The molecule has 0 aliphatic carbocycles. The predicted octanol–water partition coefficient (Wildman–Crippen LogP) is 3.37. The molecule has 0 atom stereocenters. The van der Waals surface area contributed by atoms with Crippen molar-refractivity contribution < 1.29 is 9.59 Å². The van der Waals surface area contributed by atoms with E-state index in [-0.39, 0.29) is 23.8 Å². The number of carbonyl (C=O) groups excluding carboxylic acids is 2. The SMILES string of the molecule is CC(C)N(Cc1ccccc1)C(=O)C1CCN(C(=O)c2cccnc2)CC1. The number of piperidine rings is 1. The minimum Gasteiger partial charge on any atom is -0.339 e. The molecule has 142 valence electrons. The van der Waals surface area contributed by atoms with Crippen molar-refractivity contribution in [1.29, 1.82) is 0 Å². The van der Waals surface area contributed by atoms with Gasteiger partial charge in [0.2, 0.25) is 5.91 Å². The van der Waals surface area contributed by atoms with Crippen LogP contribution in [0.5, 0.6) is 0 Å². The van der Waals surface area contributed by atoms with E-state index >= 15 is 0 Å². The Bertz CT molecular complexity index is 754. The molecule has 2 heterocycles. The molecule has 2 amide bonds. The van der Waals surface area contributed by atoms with E-state index in [1.54, 1.807) is 24.5 Å². The van der Waals surface area contributed by atoms with Gasteiger partial charge in [0.05, 0.1) is 5.56 Å². The zero-order valence-electron chi connectivity index (χ0n) is 16.0. The molecule has 1 aromatic carbocycles. The van der Waals surface area contributed by atoms with Gasteiger partial charge < -0.3 is 9.80 Å². The minimum absolute atomic E-state index is 0.000926. The summed E-state index contributed by atoms with van der Waals surface area (Å²) in [6, 6.07) is 13.8. The number of benzene rings is 1. The highest BCUT2D eigenvalue weighted by Crippen LogP contribution is 2.23. The lowest BCUT2D eigenvalue weighted by Crippen LogP contribution is -2.46. The first kappa shape index (κ1) is 19.1. The second kappa shape index (κ2) is 8.80. The Morgan fingerprint density at radius 3 is 2.41 bits per heavy atom. The highest BCUT2D eigenvalue weighted by Gasteiger charge is 2.31. The lowest BCUT2D eigenvalue weighted by Gasteiger charge is -2.36. The fraction of sp³-hybridized carbons (Fsp3) is 0.409. The molecular formula is C22H27N3O2. The van der Waals surface area contributed by atoms with Gasteiger partial charge in [-0.25, -0.2) is 0 Å². The maximum absolute atomic E-state index is 13.1. The highest BCUT2D eigenvalue weighted by molar-refractivity contribution is 5.94. The molecule has 1 aliphatic heterocycles. The largest absolute Gasteiger partial charge is 0.339 e. The first-order valence-electron chi connectivity index (χ1n) is 9.60. The van der Waals surface area contributed by atoms with E-state index in [2.05, 4.69) is 31.0 Å². The van der Waals surface area contributed by atoms with Gasteiger partial charge in [-0.1, -0.05) is 30.3 Å². The lowest BCUT2D eigenvalue weighted by molar-refractivity contribution is -0.139. The molecule has 0 spiro atoms. The van der Waals surface area contributed by atoms with Gasteiger partial charge in [-0.2, -0.15) is 0 Å². The summed E-state index contributed by atoms with van der Waals surface area (Å²) in [4.78, 5) is 33.5. The number of hydrogen-bond acceptors (Lipinski definition) is 3. The van der Waals surface area contributed by atoms with E-state index in [1.165, 1.54) is 0 Å². The Labute approximate surface area is 161 Å². The second-order valence-electron chi connectivity index (χ2n) is 7.35. The Morgan fingerprint density at radius 2 is 1.81 bits per heavy atom. The highest BCUT2D eigenvalue weighted by atomic mass is 16.2. The molecule has 1 saturated heterocycles. The van der Waals surface area contributed by atoms with Gasteiger partial charge in [-0.15, -0.1) is 0 Å². The summed E-state index contributed by atoms with van der Waals surface area (Å²) in [5.74, 6) is 0.176. The molecule has 1 fully saturated rings. The molecule has 0 N–H and O–H groups in total. The summed E-state index contributed by atoms with van der Waals surface area (Å²) in [6.45, 7) is 5.97. The summed E-state index contributed by atoms with van der Waals surface area (Å²) in [5, 5.41) is 0. The van der Waals surface area contributed by atoms with Crippen LogP contribution in [0.2, 0.25) is 0 Å². The third kappa shape index (κ3) is 4.73. The molecule has 3 rings (SSSR count). The van der Waals surface area contributed by atoms with Gasteiger partial charge >= 0.3 is 0 Å². The molecule has 5 heteroatoms. The van der Waals surface area contributed by atoms with Crippen molar-refractivity contribution in [2.45, 2.75) is 39.3 Å². The van der Waals surface area contributed by atoms with Crippen LogP contribution in [0.4, 0.5) is 0 Å². The number of hydrogen-bond donors (Lipinski definition) is 0. The Morgan fingerprint density at radius 1 is 1.11 bits per heavy atom. The van der Waals surface area contributed by atoms with E-state index in [9.17, 15) is 9.59 Å². The quantitative estimate of drug-likeness (QED) is 0.816. The predicted molar refractivity (Wildman–Crippen MR) is 105 cm³/mol. The maximum Gasteiger partial charge on any atom is 0.255 e. The van der Waals surface area contributed by atoms with Crippen molar-refractivity contribution in [2.24, 2.45) is 5.92 Å². The monoisotopic (exact) mass is 365 g/mol. The van der Waals surface area contributed by atoms with Crippen molar-refractivity contribution in [3.8, 4) is 0 Å². The number of likely N-dealkylation sites (tertiary alicyclic amines) is 1. The molecule has 1 aromatic heterocycles. The van der Waals surface area contributed by atoms with Crippen molar-refractivity contribution in [3.63, 3.8) is 0 Å². The number of rotatable bonds is 5. The molecule has 0 radical (unpaired) electrons. The van der Waals surface area contributed by atoms with Gasteiger partial charge in [0.1, 0.15) is 0 Å². The van der Waals surface area contributed by atoms with Gasteiger partial charge in [0.15, 0.2) is 0 Å². The first-order chi connectivity index (χ1) is 13.1. The van der Waals surface area contributed by atoms with Crippen LogP contribution in [0.3, 0.4) is 0 Å². The third-order valence-corrected chi connectivity index (χ3v) is 5.14. The fourth-order valence-electron chi connectivity index (χ4n) is 3.53. The average Bonchev–Trinajstić information content (AvgIpc) is 2.72. The number of amides is 2. The van der Waals surface area contributed by atoms with E-state index in [0.717, 1.165) is 5.56 Å². The van der Waals surface area contributed by atoms with Crippen molar-refractivity contribution in [1.82, 2.24) is 14.8 Å².